The van der Waals surface area contributed by atoms with Gasteiger partial charge < -0.3 is 4.74 Å². The number of hydrogen-bond acceptors (Lipinski definition) is 5. The van der Waals surface area contributed by atoms with Gasteiger partial charge >= 0.3 is 0 Å². The van der Waals surface area contributed by atoms with Crippen molar-refractivity contribution in [1.82, 2.24) is 4.72 Å². The average molecular weight is 325 g/mol. The number of benzene rings is 1. The van der Waals surface area contributed by atoms with E-state index in [0.717, 1.165) is 9.75 Å². The van der Waals surface area contributed by atoms with E-state index in [2.05, 4.69) is 4.72 Å². The van der Waals surface area contributed by atoms with Crippen LogP contribution in [-0.4, -0.2) is 21.4 Å². The number of hydrogen-bond donors (Lipinski definition) is 1. The Morgan fingerprint density at radius 2 is 1.95 bits per heavy atom. The standard InChI is InChI=1S/C14H15NO4S2/c1-9-7-13(10(2)20-9)14(16)15-21(17,18)12-6-4-5-11(8-12)19-3/h4-8H,1-3H3,(H,15,16). The molecule has 1 aromatic heterocycles. The second-order valence-corrected chi connectivity index (χ2v) is 7.58. The van der Waals surface area contributed by atoms with Crippen LogP contribution in [0.3, 0.4) is 0 Å². The third kappa shape index (κ3) is 3.43. The van der Waals surface area contributed by atoms with Crippen molar-refractivity contribution < 1.29 is 17.9 Å². The Morgan fingerprint density at radius 3 is 2.52 bits per heavy atom. The molecule has 0 spiro atoms. The summed E-state index contributed by atoms with van der Waals surface area (Å²) in [6, 6.07) is 7.63. The minimum atomic E-state index is -3.92. The van der Waals surface area contributed by atoms with Crippen LogP contribution in [0.5, 0.6) is 5.75 Å². The molecule has 112 valence electrons. The summed E-state index contributed by atoms with van der Waals surface area (Å²) in [6.07, 6.45) is 0. The Balaban J connectivity index is 2.28. The van der Waals surface area contributed by atoms with Gasteiger partial charge in [0.1, 0.15) is 5.75 Å². The van der Waals surface area contributed by atoms with Gasteiger partial charge in [0.05, 0.1) is 17.6 Å². The number of methoxy groups -OCH3 is 1. The summed E-state index contributed by atoms with van der Waals surface area (Å²) in [5.74, 6) is -0.215. The van der Waals surface area contributed by atoms with Crippen LogP contribution < -0.4 is 9.46 Å². The quantitative estimate of drug-likeness (QED) is 0.937. The molecule has 21 heavy (non-hydrogen) atoms. The van der Waals surface area contributed by atoms with Gasteiger partial charge in [0, 0.05) is 15.8 Å². The van der Waals surface area contributed by atoms with E-state index in [-0.39, 0.29) is 4.90 Å². The fourth-order valence-electron chi connectivity index (χ4n) is 1.86. The summed E-state index contributed by atoms with van der Waals surface area (Å²) < 4.78 is 31.5. The second-order valence-electron chi connectivity index (χ2n) is 4.44. The summed E-state index contributed by atoms with van der Waals surface area (Å²) in [7, 11) is -2.48. The summed E-state index contributed by atoms with van der Waals surface area (Å²) >= 11 is 1.45. The highest BCUT2D eigenvalue weighted by atomic mass is 32.2. The zero-order valence-corrected chi connectivity index (χ0v) is 13.5. The van der Waals surface area contributed by atoms with Crippen molar-refractivity contribution in [3.05, 3.63) is 45.6 Å². The van der Waals surface area contributed by atoms with Crippen LogP contribution in [0.1, 0.15) is 20.1 Å². The third-order valence-corrected chi connectivity index (χ3v) is 5.16. The Hall–Kier alpha value is -1.86. The Bertz CT molecular complexity index is 778. The fourth-order valence-corrected chi connectivity index (χ4v) is 3.78. The van der Waals surface area contributed by atoms with Crippen LogP contribution in [0.4, 0.5) is 0 Å². The van der Waals surface area contributed by atoms with Crippen LogP contribution in [0.15, 0.2) is 35.2 Å². The van der Waals surface area contributed by atoms with E-state index in [9.17, 15) is 13.2 Å². The molecule has 1 N–H and O–H groups in total. The third-order valence-electron chi connectivity index (χ3n) is 2.86. The Morgan fingerprint density at radius 1 is 1.24 bits per heavy atom. The van der Waals surface area contributed by atoms with Gasteiger partial charge in [0.15, 0.2) is 0 Å². The molecule has 0 fully saturated rings. The van der Waals surface area contributed by atoms with Gasteiger partial charge in [-0.2, -0.15) is 0 Å². The second kappa shape index (κ2) is 5.87. The number of thiophene rings is 1. The lowest BCUT2D eigenvalue weighted by Crippen LogP contribution is -2.30. The Kier molecular flexibility index (Phi) is 4.34. The first-order chi connectivity index (χ1) is 9.83. The minimum absolute atomic E-state index is 0.0141. The molecule has 7 heteroatoms. The number of ether oxygens (including phenoxy) is 1. The van der Waals surface area contributed by atoms with Crippen molar-refractivity contribution in [2.24, 2.45) is 0 Å². The van der Waals surface area contributed by atoms with Crippen molar-refractivity contribution in [1.29, 1.82) is 0 Å². The first-order valence-electron chi connectivity index (χ1n) is 6.12. The number of aryl methyl sites for hydroxylation is 2. The van der Waals surface area contributed by atoms with E-state index >= 15 is 0 Å². The molecule has 2 aromatic rings. The summed E-state index contributed by atoms with van der Waals surface area (Å²) in [4.78, 5) is 13.8. The van der Waals surface area contributed by atoms with Crippen LogP contribution in [-0.2, 0) is 10.0 Å². The molecular weight excluding hydrogens is 310 g/mol. The maximum Gasteiger partial charge on any atom is 0.266 e. The maximum absolute atomic E-state index is 12.2. The molecule has 0 saturated carbocycles. The van der Waals surface area contributed by atoms with E-state index in [1.807, 2.05) is 6.92 Å². The molecule has 0 aliphatic carbocycles. The van der Waals surface area contributed by atoms with Gasteiger partial charge in [0.2, 0.25) is 0 Å². The number of sulfonamides is 1. The SMILES string of the molecule is COc1cccc(S(=O)(=O)NC(=O)c2cc(C)sc2C)c1. The smallest absolute Gasteiger partial charge is 0.266 e. The predicted octanol–water partition coefficient (Wildman–Crippen LogP) is 2.49. The normalized spacial score (nSPS) is 11.2. The van der Waals surface area contributed by atoms with Crippen molar-refractivity contribution in [2.45, 2.75) is 18.7 Å². The van der Waals surface area contributed by atoms with Crippen LogP contribution in [0.2, 0.25) is 0 Å². The minimum Gasteiger partial charge on any atom is -0.497 e. The van der Waals surface area contributed by atoms with E-state index in [1.165, 1.54) is 30.6 Å². The largest absolute Gasteiger partial charge is 0.497 e. The number of nitrogens with one attached hydrogen (secondary N) is 1. The molecule has 1 aromatic carbocycles. The highest BCUT2D eigenvalue weighted by molar-refractivity contribution is 7.90. The van der Waals surface area contributed by atoms with Crippen LogP contribution in [0, 0.1) is 13.8 Å². The molecular formula is C14H15NO4S2. The van der Waals surface area contributed by atoms with Crippen molar-refractivity contribution in [2.75, 3.05) is 7.11 Å². The number of carbonyl (C=O) groups is 1. The monoisotopic (exact) mass is 325 g/mol. The van der Waals surface area contributed by atoms with Gasteiger partial charge in [-0.3, -0.25) is 4.79 Å². The van der Waals surface area contributed by atoms with Gasteiger partial charge in [0.25, 0.3) is 15.9 Å². The van der Waals surface area contributed by atoms with E-state index in [1.54, 1.807) is 25.1 Å². The summed E-state index contributed by atoms with van der Waals surface area (Å²) in [5.41, 5.74) is 0.379. The zero-order valence-electron chi connectivity index (χ0n) is 11.8. The number of rotatable bonds is 4. The predicted molar refractivity (Wildman–Crippen MR) is 81.4 cm³/mol. The van der Waals surface area contributed by atoms with Crippen molar-refractivity contribution in [3.63, 3.8) is 0 Å². The lowest BCUT2D eigenvalue weighted by Gasteiger charge is -2.08. The van der Waals surface area contributed by atoms with E-state index < -0.39 is 15.9 Å². The average Bonchev–Trinajstić information content (AvgIpc) is 2.77. The topological polar surface area (TPSA) is 72.5 Å². The van der Waals surface area contributed by atoms with Crippen molar-refractivity contribution in [3.8, 4) is 5.75 Å². The van der Waals surface area contributed by atoms with Gasteiger partial charge in [-0.05, 0) is 32.0 Å². The first-order valence-corrected chi connectivity index (χ1v) is 8.41. The molecule has 0 atom stereocenters. The van der Waals surface area contributed by atoms with Crippen molar-refractivity contribution >= 4 is 27.3 Å². The molecule has 0 bridgehead atoms. The molecule has 0 aliphatic rings. The van der Waals surface area contributed by atoms with E-state index in [0.29, 0.717) is 11.3 Å². The molecule has 5 nitrogen and oxygen atoms in total. The van der Waals surface area contributed by atoms with Crippen LogP contribution in [0.25, 0.3) is 0 Å². The summed E-state index contributed by atoms with van der Waals surface area (Å²) in [5, 5.41) is 0. The maximum atomic E-state index is 12.2. The first kappa shape index (κ1) is 15.5. The fraction of sp³-hybridized carbons (Fsp3) is 0.214. The zero-order chi connectivity index (χ0) is 15.6. The molecule has 0 saturated heterocycles. The van der Waals surface area contributed by atoms with Crippen LogP contribution >= 0.6 is 11.3 Å². The molecule has 0 aliphatic heterocycles. The summed E-state index contributed by atoms with van der Waals surface area (Å²) in [6.45, 7) is 3.65. The van der Waals surface area contributed by atoms with Gasteiger partial charge in [-0.15, -0.1) is 11.3 Å². The lowest BCUT2D eigenvalue weighted by atomic mass is 10.2. The molecule has 2 rings (SSSR count). The van der Waals surface area contributed by atoms with E-state index in [4.69, 9.17) is 4.74 Å². The number of carbonyl (C=O) groups excluding carboxylic acids is 1. The highest BCUT2D eigenvalue weighted by Gasteiger charge is 2.21. The van der Waals surface area contributed by atoms with Gasteiger partial charge in [-0.1, -0.05) is 6.07 Å². The molecule has 0 unspecified atom stereocenters. The lowest BCUT2D eigenvalue weighted by molar-refractivity contribution is 0.0981. The Labute approximate surface area is 127 Å². The molecule has 1 amide bonds. The van der Waals surface area contributed by atoms with Gasteiger partial charge in [-0.25, -0.2) is 13.1 Å². The molecule has 0 radical (unpaired) electrons. The molecule has 1 heterocycles. The highest BCUT2D eigenvalue weighted by Crippen LogP contribution is 2.22. The number of amides is 1.